The van der Waals surface area contributed by atoms with Gasteiger partial charge in [0, 0.05) is 19.1 Å². The second kappa shape index (κ2) is 4.63. The molecule has 0 amide bonds. The van der Waals surface area contributed by atoms with E-state index in [-0.39, 0.29) is 0 Å². The lowest BCUT2D eigenvalue weighted by molar-refractivity contribution is 0.145. The van der Waals surface area contributed by atoms with E-state index in [1.165, 1.54) is 45.3 Å². The van der Waals surface area contributed by atoms with E-state index in [1.54, 1.807) is 0 Å². The monoisotopic (exact) mass is 196 g/mol. The molecule has 2 aliphatic rings. The Labute approximate surface area is 88.1 Å². The van der Waals surface area contributed by atoms with Crippen LogP contribution in [0.5, 0.6) is 0 Å². The highest BCUT2D eigenvalue weighted by molar-refractivity contribution is 4.85. The summed E-state index contributed by atoms with van der Waals surface area (Å²) in [5.41, 5.74) is 0. The quantitative estimate of drug-likeness (QED) is 0.739. The van der Waals surface area contributed by atoms with Crippen molar-refractivity contribution >= 4 is 0 Å². The zero-order valence-electron chi connectivity index (χ0n) is 9.63. The highest BCUT2D eigenvalue weighted by atomic mass is 15.2. The molecule has 1 saturated heterocycles. The molecule has 2 nitrogen and oxygen atoms in total. The van der Waals surface area contributed by atoms with Crippen LogP contribution >= 0.6 is 0 Å². The minimum absolute atomic E-state index is 0.786. The third kappa shape index (κ3) is 2.48. The van der Waals surface area contributed by atoms with E-state index >= 15 is 0 Å². The Kier molecular flexibility index (Phi) is 3.45. The van der Waals surface area contributed by atoms with Crippen LogP contribution < -0.4 is 5.32 Å². The van der Waals surface area contributed by atoms with Crippen molar-refractivity contribution in [3.8, 4) is 0 Å². The Morgan fingerprint density at radius 3 is 2.57 bits per heavy atom. The summed E-state index contributed by atoms with van der Waals surface area (Å²) in [7, 11) is 2.20. The Morgan fingerprint density at radius 1 is 1.21 bits per heavy atom. The molecule has 2 rings (SSSR count). The maximum atomic E-state index is 3.71. The van der Waals surface area contributed by atoms with Crippen LogP contribution in [0, 0.1) is 11.8 Å². The molecule has 1 aliphatic carbocycles. The first kappa shape index (κ1) is 10.4. The van der Waals surface area contributed by atoms with E-state index in [1.807, 2.05) is 0 Å². The van der Waals surface area contributed by atoms with Gasteiger partial charge in [-0.2, -0.15) is 0 Å². The zero-order chi connectivity index (χ0) is 9.97. The van der Waals surface area contributed by atoms with Crippen LogP contribution in [0.15, 0.2) is 0 Å². The van der Waals surface area contributed by atoms with Gasteiger partial charge in [0.25, 0.3) is 0 Å². The maximum absolute atomic E-state index is 3.71. The van der Waals surface area contributed by atoms with Gasteiger partial charge in [0.2, 0.25) is 0 Å². The van der Waals surface area contributed by atoms with Gasteiger partial charge in [0.1, 0.15) is 0 Å². The number of likely N-dealkylation sites (tertiary alicyclic amines) is 1. The summed E-state index contributed by atoms with van der Waals surface area (Å²) in [4.78, 5) is 2.38. The Balaban J connectivity index is 1.64. The highest BCUT2D eigenvalue weighted by Crippen LogP contribution is 2.29. The van der Waals surface area contributed by atoms with Crippen LogP contribution in [0.3, 0.4) is 0 Å². The lowest BCUT2D eigenvalue weighted by Crippen LogP contribution is -2.57. The maximum Gasteiger partial charge on any atom is 0.0322 e. The molecule has 0 radical (unpaired) electrons. The van der Waals surface area contributed by atoms with Gasteiger partial charge in [-0.3, -0.25) is 0 Å². The van der Waals surface area contributed by atoms with Gasteiger partial charge in [-0.05, 0) is 31.8 Å². The number of likely N-dealkylation sites (N-methyl/N-ethyl adjacent to an activating group) is 1. The van der Waals surface area contributed by atoms with Crippen molar-refractivity contribution in [1.82, 2.24) is 10.2 Å². The summed E-state index contributed by atoms with van der Waals surface area (Å²) in [6.07, 6.45) is 5.83. The summed E-state index contributed by atoms with van der Waals surface area (Å²) < 4.78 is 0. The largest absolute Gasteiger partial charge is 0.311 e. The summed E-state index contributed by atoms with van der Waals surface area (Å²) in [5.74, 6) is 1.91. The second-order valence-electron chi connectivity index (χ2n) is 5.35. The molecule has 1 N–H and O–H groups in total. The predicted molar refractivity (Wildman–Crippen MR) is 60.4 cm³/mol. The molecule has 1 heterocycles. The summed E-state index contributed by atoms with van der Waals surface area (Å²) in [5, 5.41) is 3.71. The van der Waals surface area contributed by atoms with Crippen molar-refractivity contribution in [3.63, 3.8) is 0 Å². The summed E-state index contributed by atoms with van der Waals surface area (Å²) >= 11 is 0. The number of rotatable bonds is 3. The minimum atomic E-state index is 0.786. The van der Waals surface area contributed by atoms with Crippen molar-refractivity contribution in [3.05, 3.63) is 0 Å². The normalized spacial score (nSPS) is 35.6. The molecule has 1 saturated carbocycles. The van der Waals surface area contributed by atoms with E-state index in [9.17, 15) is 0 Å². The Morgan fingerprint density at radius 2 is 1.93 bits per heavy atom. The van der Waals surface area contributed by atoms with Crippen molar-refractivity contribution in [2.45, 2.75) is 38.6 Å². The van der Waals surface area contributed by atoms with E-state index in [0.29, 0.717) is 0 Å². The van der Waals surface area contributed by atoms with Crippen LogP contribution in [0.1, 0.15) is 32.6 Å². The molecule has 0 aromatic carbocycles. The molecule has 0 aromatic rings. The first-order valence-electron chi connectivity index (χ1n) is 6.17. The van der Waals surface area contributed by atoms with Crippen LogP contribution in [0.2, 0.25) is 0 Å². The molecule has 1 aliphatic heterocycles. The van der Waals surface area contributed by atoms with E-state index in [4.69, 9.17) is 0 Å². The summed E-state index contributed by atoms with van der Waals surface area (Å²) in [6, 6.07) is 0.786. The third-order valence-electron chi connectivity index (χ3n) is 4.02. The van der Waals surface area contributed by atoms with Crippen molar-refractivity contribution < 1.29 is 0 Å². The molecule has 2 atom stereocenters. The lowest BCUT2D eigenvalue weighted by atomic mass is 9.80. The number of nitrogens with zero attached hydrogens (tertiary/aromatic N) is 1. The minimum Gasteiger partial charge on any atom is -0.311 e. The molecule has 2 heteroatoms. The number of nitrogens with one attached hydrogen (secondary N) is 1. The smallest absolute Gasteiger partial charge is 0.0322 e. The average molecular weight is 196 g/mol. The highest BCUT2D eigenvalue weighted by Gasteiger charge is 2.26. The molecule has 0 aromatic heterocycles. The first-order chi connectivity index (χ1) is 6.75. The van der Waals surface area contributed by atoms with Gasteiger partial charge in [-0.25, -0.2) is 0 Å². The van der Waals surface area contributed by atoms with Gasteiger partial charge < -0.3 is 10.2 Å². The topological polar surface area (TPSA) is 15.3 Å². The fraction of sp³-hybridized carbons (Fsp3) is 1.00. The molecule has 2 unspecified atom stereocenters. The number of hydrogen-bond donors (Lipinski definition) is 1. The Hall–Kier alpha value is -0.0800. The SMILES string of the molecule is CC1CCCCC1CNC1CN(C)C1. The van der Waals surface area contributed by atoms with Gasteiger partial charge in [0.05, 0.1) is 0 Å². The van der Waals surface area contributed by atoms with Gasteiger partial charge in [-0.15, -0.1) is 0 Å². The predicted octanol–water partition coefficient (Wildman–Crippen LogP) is 1.72. The molecule has 14 heavy (non-hydrogen) atoms. The second-order valence-corrected chi connectivity index (χ2v) is 5.35. The fourth-order valence-electron chi connectivity index (χ4n) is 2.84. The van der Waals surface area contributed by atoms with E-state index in [0.717, 1.165) is 17.9 Å². The molecule has 0 spiro atoms. The van der Waals surface area contributed by atoms with E-state index in [2.05, 4.69) is 24.2 Å². The van der Waals surface area contributed by atoms with Crippen molar-refractivity contribution in [2.75, 3.05) is 26.7 Å². The number of hydrogen-bond acceptors (Lipinski definition) is 2. The average Bonchev–Trinajstić information content (AvgIpc) is 2.13. The molecular weight excluding hydrogens is 172 g/mol. The van der Waals surface area contributed by atoms with E-state index < -0.39 is 0 Å². The standard InChI is InChI=1S/C12H24N2/c1-10-5-3-4-6-11(10)7-13-12-8-14(2)9-12/h10-13H,3-9H2,1-2H3. The molecule has 82 valence electrons. The fourth-order valence-corrected chi connectivity index (χ4v) is 2.84. The van der Waals surface area contributed by atoms with Gasteiger partial charge in [-0.1, -0.05) is 26.2 Å². The van der Waals surface area contributed by atoms with Crippen LogP contribution in [0.4, 0.5) is 0 Å². The van der Waals surface area contributed by atoms with Crippen molar-refractivity contribution in [2.24, 2.45) is 11.8 Å². The third-order valence-corrected chi connectivity index (χ3v) is 4.02. The van der Waals surface area contributed by atoms with Gasteiger partial charge >= 0.3 is 0 Å². The molecule has 0 bridgehead atoms. The van der Waals surface area contributed by atoms with Gasteiger partial charge in [0.15, 0.2) is 0 Å². The summed E-state index contributed by atoms with van der Waals surface area (Å²) in [6.45, 7) is 6.19. The first-order valence-corrected chi connectivity index (χ1v) is 6.17. The molecular formula is C12H24N2. The molecule has 2 fully saturated rings. The van der Waals surface area contributed by atoms with Crippen LogP contribution in [-0.4, -0.2) is 37.6 Å². The van der Waals surface area contributed by atoms with Crippen molar-refractivity contribution in [1.29, 1.82) is 0 Å². The lowest BCUT2D eigenvalue weighted by Gasteiger charge is -2.39. The zero-order valence-corrected chi connectivity index (χ0v) is 9.63. The van der Waals surface area contributed by atoms with Crippen LogP contribution in [0.25, 0.3) is 0 Å². The van der Waals surface area contributed by atoms with Crippen LogP contribution in [-0.2, 0) is 0 Å². The Bertz CT molecular complexity index is 175.